The Labute approximate surface area is 75.1 Å². The fourth-order valence-electron chi connectivity index (χ4n) is 0.956. The maximum atomic E-state index is 10.9. The Balaban J connectivity index is 2.63. The van der Waals surface area contributed by atoms with Crippen LogP contribution in [-0.2, 0) is 14.3 Å². The van der Waals surface area contributed by atoms with Gasteiger partial charge in [0.05, 0.1) is 20.8 Å². The van der Waals surface area contributed by atoms with E-state index in [2.05, 4.69) is 14.6 Å². The Morgan fingerprint density at radius 3 is 2.62 bits per heavy atom. The van der Waals surface area contributed by atoms with Crippen molar-refractivity contribution >= 4 is 17.8 Å². The first-order valence-electron chi connectivity index (χ1n) is 3.70. The lowest BCUT2D eigenvalue weighted by Crippen LogP contribution is -2.22. The average Bonchev–Trinajstić information content (AvgIpc) is 2.64. The fraction of sp³-hybridized carbons (Fsp3) is 0.571. The van der Waals surface area contributed by atoms with Gasteiger partial charge in [-0.1, -0.05) is 0 Å². The number of carbonyl (C=O) groups excluding carboxylic acids is 2. The third kappa shape index (κ3) is 1.95. The number of methoxy groups -OCH3 is 2. The Morgan fingerprint density at radius 1 is 1.38 bits per heavy atom. The fourth-order valence-corrected chi connectivity index (χ4v) is 0.956. The second kappa shape index (κ2) is 3.88. The highest BCUT2D eigenvalue weighted by Crippen LogP contribution is 2.08. The van der Waals surface area contributed by atoms with Crippen molar-refractivity contribution in [1.82, 2.24) is 5.01 Å². The number of ether oxygens (including phenoxy) is 2. The smallest absolute Gasteiger partial charge is 0.430 e. The van der Waals surface area contributed by atoms with Crippen LogP contribution in [0.3, 0.4) is 0 Å². The number of nitrogens with zero attached hydrogens (tertiary/aromatic N) is 2. The van der Waals surface area contributed by atoms with Gasteiger partial charge in [0.2, 0.25) is 0 Å². The Morgan fingerprint density at radius 2 is 2.08 bits per heavy atom. The maximum Gasteiger partial charge on any atom is 0.430 e. The average molecular weight is 186 g/mol. The van der Waals surface area contributed by atoms with Crippen LogP contribution in [0.4, 0.5) is 4.79 Å². The van der Waals surface area contributed by atoms with Crippen LogP contribution in [0.15, 0.2) is 5.10 Å². The first-order valence-corrected chi connectivity index (χ1v) is 3.70. The summed E-state index contributed by atoms with van der Waals surface area (Å²) in [7, 11) is 2.53. The molecule has 1 rings (SSSR count). The van der Waals surface area contributed by atoms with Gasteiger partial charge in [-0.15, -0.1) is 0 Å². The van der Waals surface area contributed by atoms with E-state index in [9.17, 15) is 9.59 Å². The molecule has 0 aromatic carbocycles. The van der Waals surface area contributed by atoms with Gasteiger partial charge in [0, 0.05) is 6.42 Å². The van der Waals surface area contributed by atoms with Crippen molar-refractivity contribution in [3.63, 3.8) is 0 Å². The summed E-state index contributed by atoms with van der Waals surface area (Å²) in [6, 6.07) is 0. The highest BCUT2D eigenvalue weighted by Gasteiger charge is 2.25. The molecule has 13 heavy (non-hydrogen) atoms. The summed E-state index contributed by atoms with van der Waals surface area (Å²) >= 11 is 0. The Kier molecular flexibility index (Phi) is 2.84. The van der Waals surface area contributed by atoms with Crippen molar-refractivity contribution in [3.8, 4) is 0 Å². The molecule has 0 saturated carbocycles. The third-order valence-electron chi connectivity index (χ3n) is 1.61. The van der Waals surface area contributed by atoms with Gasteiger partial charge in [0.25, 0.3) is 0 Å². The summed E-state index contributed by atoms with van der Waals surface area (Å²) < 4.78 is 8.87. The monoisotopic (exact) mass is 186 g/mol. The molecule has 0 saturated heterocycles. The van der Waals surface area contributed by atoms with Crippen LogP contribution < -0.4 is 0 Å². The first kappa shape index (κ1) is 9.50. The summed E-state index contributed by atoms with van der Waals surface area (Å²) in [5.74, 6) is -0.508. The predicted octanol–water partition coefficient (Wildman–Crippen LogP) is -0.0125. The number of amides is 1. The molecular formula is C7H10N2O4. The van der Waals surface area contributed by atoms with Crippen LogP contribution in [0.1, 0.15) is 6.42 Å². The van der Waals surface area contributed by atoms with Crippen molar-refractivity contribution in [2.45, 2.75) is 6.42 Å². The van der Waals surface area contributed by atoms with E-state index in [4.69, 9.17) is 0 Å². The van der Waals surface area contributed by atoms with Crippen LogP contribution >= 0.6 is 0 Å². The van der Waals surface area contributed by atoms with Crippen LogP contribution in [-0.4, -0.2) is 43.5 Å². The van der Waals surface area contributed by atoms with Crippen molar-refractivity contribution in [2.75, 3.05) is 20.8 Å². The zero-order valence-electron chi connectivity index (χ0n) is 7.44. The van der Waals surface area contributed by atoms with Gasteiger partial charge < -0.3 is 9.47 Å². The molecule has 1 aliphatic rings. The molecule has 1 amide bonds. The molecule has 0 fully saturated rings. The molecule has 0 spiro atoms. The van der Waals surface area contributed by atoms with E-state index < -0.39 is 12.1 Å². The van der Waals surface area contributed by atoms with Crippen molar-refractivity contribution in [2.24, 2.45) is 5.10 Å². The summed E-state index contributed by atoms with van der Waals surface area (Å²) in [4.78, 5) is 21.9. The normalized spacial score (nSPS) is 15.2. The summed E-state index contributed by atoms with van der Waals surface area (Å²) in [5, 5.41) is 4.82. The Hall–Kier alpha value is -1.59. The van der Waals surface area contributed by atoms with E-state index in [-0.39, 0.29) is 5.71 Å². The molecule has 0 aliphatic carbocycles. The zero-order valence-corrected chi connectivity index (χ0v) is 7.44. The number of rotatable bonds is 1. The molecule has 6 heteroatoms. The molecule has 0 radical (unpaired) electrons. The van der Waals surface area contributed by atoms with E-state index in [0.29, 0.717) is 13.0 Å². The molecule has 0 unspecified atom stereocenters. The predicted molar refractivity (Wildman–Crippen MR) is 43.2 cm³/mol. The Bertz CT molecular complexity index is 261. The summed E-state index contributed by atoms with van der Waals surface area (Å²) in [6.45, 7) is 0.358. The van der Waals surface area contributed by atoms with E-state index in [1.165, 1.54) is 14.2 Å². The van der Waals surface area contributed by atoms with Gasteiger partial charge in [-0.05, 0) is 0 Å². The largest absolute Gasteiger partial charge is 0.464 e. The SMILES string of the molecule is COC(=O)C1=NN(C(=O)OC)CC1. The van der Waals surface area contributed by atoms with Crippen molar-refractivity contribution in [3.05, 3.63) is 0 Å². The van der Waals surface area contributed by atoms with Gasteiger partial charge in [-0.3, -0.25) is 0 Å². The summed E-state index contributed by atoms with van der Waals surface area (Å²) in [5.41, 5.74) is 0.243. The topological polar surface area (TPSA) is 68.2 Å². The van der Waals surface area contributed by atoms with Crippen LogP contribution in [0.5, 0.6) is 0 Å². The molecule has 0 bridgehead atoms. The lowest BCUT2D eigenvalue weighted by Gasteiger charge is -2.07. The summed E-state index contributed by atoms with van der Waals surface area (Å²) in [6.07, 6.45) is -0.166. The van der Waals surface area contributed by atoms with Crippen molar-refractivity contribution in [1.29, 1.82) is 0 Å². The van der Waals surface area contributed by atoms with Gasteiger partial charge in [0.1, 0.15) is 5.71 Å². The number of esters is 1. The number of hydrogen-bond acceptors (Lipinski definition) is 5. The first-order chi connectivity index (χ1) is 6.19. The lowest BCUT2D eigenvalue weighted by molar-refractivity contribution is -0.132. The molecular weight excluding hydrogens is 176 g/mol. The molecule has 0 atom stereocenters. The second-order valence-electron chi connectivity index (χ2n) is 2.38. The molecule has 1 heterocycles. The third-order valence-corrected chi connectivity index (χ3v) is 1.61. The number of hydrogen-bond donors (Lipinski definition) is 0. The van der Waals surface area contributed by atoms with Gasteiger partial charge >= 0.3 is 12.1 Å². The van der Waals surface area contributed by atoms with E-state index in [1.807, 2.05) is 0 Å². The minimum absolute atomic E-state index is 0.243. The van der Waals surface area contributed by atoms with Crippen LogP contribution in [0, 0.1) is 0 Å². The van der Waals surface area contributed by atoms with Crippen molar-refractivity contribution < 1.29 is 19.1 Å². The molecule has 6 nitrogen and oxygen atoms in total. The highest BCUT2D eigenvalue weighted by atomic mass is 16.5. The number of hydrazone groups is 1. The number of carbonyl (C=O) groups is 2. The molecule has 0 aromatic rings. The molecule has 1 aliphatic heterocycles. The molecule has 72 valence electrons. The minimum atomic E-state index is -0.570. The van der Waals surface area contributed by atoms with Gasteiger partial charge in [-0.2, -0.15) is 10.1 Å². The van der Waals surface area contributed by atoms with Gasteiger partial charge in [0.15, 0.2) is 0 Å². The molecule has 0 aromatic heterocycles. The quantitative estimate of drug-likeness (QED) is 0.540. The maximum absolute atomic E-state index is 10.9. The van der Waals surface area contributed by atoms with E-state index in [0.717, 1.165) is 5.01 Å². The van der Waals surface area contributed by atoms with E-state index >= 15 is 0 Å². The van der Waals surface area contributed by atoms with E-state index in [1.54, 1.807) is 0 Å². The zero-order chi connectivity index (χ0) is 9.84. The van der Waals surface area contributed by atoms with Gasteiger partial charge in [-0.25, -0.2) is 9.59 Å². The lowest BCUT2D eigenvalue weighted by atomic mass is 10.3. The standard InChI is InChI=1S/C7H10N2O4/c1-12-6(10)5-3-4-9(8-5)7(11)13-2/h3-4H2,1-2H3. The van der Waals surface area contributed by atoms with Crippen LogP contribution in [0.25, 0.3) is 0 Å². The van der Waals surface area contributed by atoms with Crippen LogP contribution in [0.2, 0.25) is 0 Å². The molecule has 0 N–H and O–H groups in total. The second-order valence-corrected chi connectivity index (χ2v) is 2.38. The highest BCUT2D eigenvalue weighted by molar-refractivity contribution is 6.36. The minimum Gasteiger partial charge on any atom is -0.464 e.